The second kappa shape index (κ2) is 6.11. The molecule has 0 unspecified atom stereocenters. The van der Waals surface area contributed by atoms with Gasteiger partial charge >= 0.3 is 0 Å². The number of carbonyl (C=O) groups is 1. The molecule has 106 valence electrons. The van der Waals surface area contributed by atoms with Crippen molar-refractivity contribution >= 4 is 16.6 Å². The third-order valence-electron chi connectivity index (χ3n) is 3.46. The average molecular weight is 287 g/mol. The molecule has 0 aromatic heterocycles. The lowest BCUT2D eigenvalue weighted by Gasteiger charge is -2.09. The first kappa shape index (κ1) is 13.8. The highest BCUT2D eigenvalue weighted by molar-refractivity contribution is 5.97. The molecule has 0 saturated carbocycles. The van der Waals surface area contributed by atoms with Crippen LogP contribution in [0.1, 0.15) is 15.9 Å². The highest BCUT2D eigenvalue weighted by Gasteiger charge is 2.11. The van der Waals surface area contributed by atoms with E-state index in [0.717, 1.165) is 10.8 Å². The second-order valence-electron chi connectivity index (χ2n) is 4.85. The van der Waals surface area contributed by atoms with Gasteiger partial charge in [0.05, 0.1) is 0 Å². The molecule has 3 nitrogen and oxygen atoms in total. The molecule has 0 aliphatic heterocycles. The van der Waals surface area contributed by atoms with Gasteiger partial charge < -0.3 is 4.74 Å². The maximum atomic E-state index is 12.1. The normalized spacial score (nSPS) is 10.1. The molecule has 0 aliphatic rings. The van der Waals surface area contributed by atoms with Gasteiger partial charge in [-0.2, -0.15) is 5.26 Å². The molecule has 0 heterocycles. The van der Waals surface area contributed by atoms with Crippen LogP contribution in [-0.2, 0) is 0 Å². The monoisotopic (exact) mass is 287 g/mol. The van der Waals surface area contributed by atoms with Crippen LogP contribution in [0.4, 0.5) is 0 Å². The summed E-state index contributed by atoms with van der Waals surface area (Å²) in [5, 5.41) is 11.2. The maximum Gasteiger partial charge on any atom is 0.200 e. The molecular weight excluding hydrogens is 274 g/mol. The Labute approximate surface area is 128 Å². The first-order valence-corrected chi connectivity index (χ1v) is 6.92. The number of Topliss-reactive ketones (excluding diaryl/α,β-unsaturated/α-hetero) is 1. The zero-order valence-corrected chi connectivity index (χ0v) is 11.8. The quantitative estimate of drug-likeness (QED) is 0.682. The highest BCUT2D eigenvalue weighted by Crippen LogP contribution is 2.27. The van der Waals surface area contributed by atoms with Crippen molar-refractivity contribution in [3.8, 4) is 11.8 Å². The first-order valence-electron chi connectivity index (χ1n) is 6.92. The molecule has 0 saturated heterocycles. The molecule has 0 amide bonds. The Hall–Kier alpha value is -3.12. The predicted molar refractivity (Wildman–Crippen MR) is 84.9 cm³/mol. The van der Waals surface area contributed by atoms with E-state index in [1.807, 2.05) is 48.5 Å². The summed E-state index contributed by atoms with van der Waals surface area (Å²) in [6, 6.07) is 22.4. The molecule has 0 radical (unpaired) electrons. The van der Waals surface area contributed by atoms with E-state index in [1.165, 1.54) is 0 Å². The fraction of sp³-hybridized carbons (Fsp3) is 0.0526. The van der Waals surface area contributed by atoms with Crippen molar-refractivity contribution in [1.29, 1.82) is 5.26 Å². The Kier molecular flexibility index (Phi) is 3.84. The molecule has 0 aliphatic carbocycles. The topological polar surface area (TPSA) is 50.1 Å². The number of hydrogen-bond acceptors (Lipinski definition) is 3. The number of ether oxygens (including phenoxy) is 1. The summed E-state index contributed by atoms with van der Waals surface area (Å²) in [5.41, 5.74) is 1.06. The fourth-order valence-corrected chi connectivity index (χ4v) is 2.34. The SMILES string of the molecule is N#Cc1c(OCC(=O)c2ccccc2)ccc2ccccc12. The standard InChI is InChI=1S/C19H13NO2/c20-12-17-16-9-5-4-6-14(16)10-11-19(17)22-13-18(21)15-7-2-1-3-8-15/h1-11H,13H2. The van der Waals surface area contributed by atoms with Crippen LogP contribution in [0.5, 0.6) is 5.75 Å². The molecule has 0 bridgehead atoms. The Balaban J connectivity index is 1.86. The minimum Gasteiger partial charge on any atom is -0.484 e. The lowest BCUT2D eigenvalue weighted by Crippen LogP contribution is -2.12. The minimum atomic E-state index is -0.113. The van der Waals surface area contributed by atoms with Gasteiger partial charge in [0.2, 0.25) is 0 Å². The summed E-state index contributed by atoms with van der Waals surface area (Å²) in [6.45, 7) is -0.0863. The van der Waals surface area contributed by atoms with Crippen molar-refractivity contribution in [3.05, 3.63) is 77.9 Å². The Morgan fingerprint density at radius 3 is 2.45 bits per heavy atom. The van der Waals surface area contributed by atoms with Crippen LogP contribution >= 0.6 is 0 Å². The average Bonchev–Trinajstić information content (AvgIpc) is 2.59. The van der Waals surface area contributed by atoms with Crippen LogP contribution in [0.25, 0.3) is 10.8 Å². The Bertz CT molecular complexity index is 863. The molecule has 0 N–H and O–H groups in total. The number of carbonyl (C=O) groups excluding carboxylic acids is 1. The van der Waals surface area contributed by atoms with E-state index in [4.69, 9.17) is 4.74 Å². The summed E-state index contributed by atoms with van der Waals surface area (Å²) < 4.78 is 5.58. The number of ketones is 1. The second-order valence-corrected chi connectivity index (χ2v) is 4.85. The van der Waals surface area contributed by atoms with Gasteiger partial charge in [-0.05, 0) is 11.5 Å². The molecule has 3 aromatic carbocycles. The molecule has 0 atom stereocenters. The largest absolute Gasteiger partial charge is 0.484 e. The zero-order chi connectivity index (χ0) is 15.4. The molecule has 3 aromatic rings. The van der Waals surface area contributed by atoms with E-state index in [-0.39, 0.29) is 12.4 Å². The molecule has 22 heavy (non-hydrogen) atoms. The van der Waals surface area contributed by atoms with Crippen molar-refractivity contribution in [2.75, 3.05) is 6.61 Å². The third-order valence-corrected chi connectivity index (χ3v) is 3.46. The summed E-state index contributed by atoms with van der Waals surface area (Å²) in [7, 11) is 0. The van der Waals surface area contributed by atoms with Crippen LogP contribution in [0, 0.1) is 11.3 Å². The van der Waals surface area contributed by atoms with E-state index < -0.39 is 0 Å². The van der Waals surface area contributed by atoms with E-state index in [1.54, 1.807) is 18.2 Å². The summed E-state index contributed by atoms with van der Waals surface area (Å²) >= 11 is 0. The number of hydrogen-bond donors (Lipinski definition) is 0. The lowest BCUT2D eigenvalue weighted by molar-refractivity contribution is 0.0921. The third kappa shape index (κ3) is 2.68. The van der Waals surface area contributed by atoms with Gasteiger partial charge in [0.1, 0.15) is 17.4 Å². The number of fused-ring (bicyclic) bond motifs is 1. The highest BCUT2D eigenvalue weighted by atomic mass is 16.5. The van der Waals surface area contributed by atoms with E-state index in [9.17, 15) is 10.1 Å². The predicted octanol–water partition coefficient (Wildman–Crippen LogP) is 3.97. The summed E-state index contributed by atoms with van der Waals surface area (Å²) in [6.07, 6.45) is 0. The van der Waals surface area contributed by atoms with Gasteiger partial charge in [-0.25, -0.2) is 0 Å². The zero-order valence-electron chi connectivity index (χ0n) is 11.8. The van der Waals surface area contributed by atoms with Gasteiger partial charge in [0.25, 0.3) is 0 Å². The minimum absolute atomic E-state index is 0.0863. The van der Waals surface area contributed by atoms with Crippen LogP contribution in [-0.4, -0.2) is 12.4 Å². The van der Waals surface area contributed by atoms with Crippen LogP contribution < -0.4 is 4.74 Å². The number of nitrogens with zero attached hydrogens (tertiary/aromatic N) is 1. The molecule has 0 fully saturated rings. The number of rotatable bonds is 4. The van der Waals surface area contributed by atoms with Crippen LogP contribution in [0.2, 0.25) is 0 Å². The molecule has 3 heteroatoms. The van der Waals surface area contributed by atoms with Gasteiger partial charge in [-0.3, -0.25) is 4.79 Å². The number of benzene rings is 3. The summed E-state index contributed by atoms with van der Waals surface area (Å²) in [5.74, 6) is 0.322. The van der Waals surface area contributed by atoms with Gasteiger partial charge in [-0.15, -0.1) is 0 Å². The molecule has 3 rings (SSSR count). The van der Waals surface area contributed by atoms with Crippen LogP contribution in [0.15, 0.2) is 66.7 Å². The first-order chi connectivity index (χ1) is 10.8. The Morgan fingerprint density at radius 1 is 0.955 bits per heavy atom. The van der Waals surface area contributed by atoms with Crippen molar-refractivity contribution < 1.29 is 9.53 Å². The van der Waals surface area contributed by atoms with Crippen molar-refractivity contribution in [1.82, 2.24) is 0 Å². The van der Waals surface area contributed by atoms with Crippen molar-refractivity contribution in [2.45, 2.75) is 0 Å². The fourth-order valence-electron chi connectivity index (χ4n) is 2.34. The van der Waals surface area contributed by atoms with E-state index >= 15 is 0 Å². The van der Waals surface area contributed by atoms with Crippen molar-refractivity contribution in [3.63, 3.8) is 0 Å². The van der Waals surface area contributed by atoms with Crippen molar-refractivity contribution in [2.24, 2.45) is 0 Å². The van der Waals surface area contributed by atoms with E-state index in [0.29, 0.717) is 16.9 Å². The molecule has 0 spiro atoms. The summed E-state index contributed by atoms with van der Waals surface area (Å²) in [4.78, 5) is 12.1. The van der Waals surface area contributed by atoms with Gasteiger partial charge in [-0.1, -0.05) is 60.7 Å². The Morgan fingerprint density at radius 2 is 1.68 bits per heavy atom. The van der Waals surface area contributed by atoms with Gasteiger partial charge in [0.15, 0.2) is 12.4 Å². The lowest BCUT2D eigenvalue weighted by atomic mass is 10.0. The smallest absolute Gasteiger partial charge is 0.200 e. The molecular formula is C19H13NO2. The van der Waals surface area contributed by atoms with Gasteiger partial charge in [0, 0.05) is 10.9 Å². The number of nitriles is 1. The van der Waals surface area contributed by atoms with E-state index in [2.05, 4.69) is 6.07 Å². The maximum absolute atomic E-state index is 12.1. The van der Waals surface area contributed by atoms with Crippen LogP contribution in [0.3, 0.4) is 0 Å².